The molecular formula is C14H28O6. The van der Waals surface area contributed by atoms with Crippen LogP contribution >= 0.6 is 0 Å². The van der Waals surface area contributed by atoms with Crippen molar-refractivity contribution in [1.82, 2.24) is 0 Å². The lowest BCUT2D eigenvalue weighted by Gasteiger charge is -2.45. The molecule has 0 bridgehead atoms. The van der Waals surface area contributed by atoms with Crippen LogP contribution in [0.15, 0.2) is 0 Å². The zero-order valence-electron chi connectivity index (χ0n) is 13.3. The van der Waals surface area contributed by atoms with Gasteiger partial charge in [0, 0.05) is 28.4 Å². The Bertz CT molecular complexity index is 262. The van der Waals surface area contributed by atoms with Crippen molar-refractivity contribution in [2.24, 2.45) is 0 Å². The van der Waals surface area contributed by atoms with Gasteiger partial charge in [-0.15, -0.1) is 0 Å². The van der Waals surface area contributed by atoms with Gasteiger partial charge in [0.2, 0.25) is 0 Å². The average molecular weight is 292 g/mol. The molecule has 0 aromatic carbocycles. The predicted octanol–water partition coefficient (Wildman–Crippen LogP) is 1.22. The Labute approximate surface area is 121 Å². The van der Waals surface area contributed by atoms with E-state index in [2.05, 4.69) is 6.92 Å². The Morgan fingerprint density at radius 3 is 2.00 bits per heavy atom. The third-order valence-electron chi connectivity index (χ3n) is 3.68. The van der Waals surface area contributed by atoms with E-state index in [0.717, 1.165) is 6.42 Å². The van der Waals surface area contributed by atoms with E-state index in [4.69, 9.17) is 28.4 Å². The molecule has 0 aliphatic carbocycles. The summed E-state index contributed by atoms with van der Waals surface area (Å²) < 4.78 is 33.6. The second-order valence-corrected chi connectivity index (χ2v) is 4.95. The minimum atomic E-state index is -0.494. The van der Waals surface area contributed by atoms with Crippen LogP contribution in [0.2, 0.25) is 0 Å². The van der Waals surface area contributed by atoms with Crippen LogP contribution in [0.3, 0.4) is 0 Å². The molecule has 1 fully saturated rings. The van der Waals surface area contributed by atoms with E-state index in [1.807, 2.05) is 6.92 Å². The van der Waals surface area contributed by atoms with Gasteiger partial charge in [-0.3, -0.25) is 0 Å². The van der Waals surface area contributed by atoms with Crippen LogP contribution < -0.4 is 0 Å². The highest BCUT2D eigenvalue weighted by molar-refractivity contribution is 4.92. The van der Waals surface area contributed by atoms with Gasteiger partial charge in [-0.05, 0) is 13.3 Å². The van der Waals surface area contributed by atoms with Gasteiger partial charge in [-0.25, -0.2) is 0 Å². The second-order valence-electron chi connectivity index (χ2n) is 4.95. The lowest BCUT2D eigenvalue weighted by Crippen LogP contribution is -2.61. The third kappa shape index (κ3) is 4.13. The third-order valence-corrected chi connectivity index (χ3v) is 3.68. The van der Waals surface area contributed by atoms with Gasteiger partial charge < -0.3 is 28.4 Å². The van der Waals surface area contributed by atoms with E-state index in [9.17, 15) is 0 Å². The molecule has 6 heteroatoms. The summed E-state index contributed by atoms with van der Waals surface area (Å²) in [6.07, 6.45) is -0.641. The first kappa shape index (κ1) is 17.8. The molecule has 1 heterocycles. The standard InChI is InChI=1S/C14H28O6/c1-7-9(2)19-14-13(18-6)12(17-5)11(16-4)10(20-14)8-15-3/h9-14H,7-8H2,1-6H3/t9-,10+,11+,12-,13+,14-/m0/s1. The van der Waals surface area contributed by atoms with Gasteiger partial charge in [0.1, 0.15) is 24.4 Å². The zero-order valence-corrected chi connectivity index (χ0v) is 13.3. The van der Waals surface area contributed by atoms with Gasteiger partial charge in [0.25, 0.3) is 0 Å². The quantitative estimate of drug-likeness (QED) is 0.670. The molecule has 0 unspecified atom stereocenters. The number of methoxy groups -OCH3 is 4. The maximum absolute atomic E-state index is 5.96. The highest BCUT2D eigenvalue weighted by Gasteiger charge is 2.47. The van der Waals surface area contributed by atoms with Gasteiger partial charge in [-0.2, -0.15) is 0 Å². The molecule has 0 radical (unpaired) electrons. The van der Waals surface area contributed by atoms with Crippen LogP contribution in [0.25, 0.3) is 0 Å². The van der Waals surface area contributed by atoms with Gasteiger partial charge in [0.15, 0.2) is 6.29 Å². The van der Waals surface area contributed by atoms with Crippen molar-refractivity contribution in [1.29, 1.82) is 0 Å². The van der Waals surface area contributed by atoms with Gasteiger partial charge in [-0.1, -0.05) is 6.92 Å². The van der Waals surface area contributed by atoms with Gasteiger partial charge in [0.05, 0.1) is 12.7 Å². The van der Waals surface area contributed by atoms with Crippen molar-refractivity contribution < 1.29 is 28.4 Å². The van der Waals surface area contributed by atoms with Crippen molar-refractivity contribution in [3.63, 3.8) is 0 Å². The summed E-state index contributed by atoms with van der Waals surface area (Å²) in [6.45, 7) is 4.48. The number of hydrogen-bond donors (Lipinski definition) is 0. The van der Waals surface area contributed by atoms with E-state index in [1.165, 1.54) is 0 Å². The first-order chi connectivity index (χ1) is 9.62. The molecule has 0 N–H and O–H groups in total. The van der Waals surface area contributed by atoms with Crippen LogP contribution in [-0.2, 0) is 28.4 Å². The first-order valence-corrected chi connectivity index (χ1v) is 7.01. The van der Waals surface area contributed by atoms with Crippen molar-refractivity contribution in [2.45, 2.75) is 57.1 Å². The molecule has 0 aromatic rings. The topological polar surface area (TPSA) is 55.4 Å². The summed E-state index contributed by atoms with van der Waals surface area (Å²) in [5.74, 6) is 0. The van der Waals surface area contributed by atoms with Crippen LogP contribution in [-0.4, -0.2) is 71.9 Å². The summed E-state index contributed by atoms with van der Waals surface area (Å²) in [5.41, 5.74) is 0. The second kappa shape index (κ2) is 8.92. The molecule has 0 amide bonds. The van der Waals surface area contributed by atoms with E-state index in [0.29, 0.717) is 6.61 Å². The molecule has 120 valence electrons. The molecule has 1 rings (SSSR count). The van der Waals surface area contributed by atoms with Crippen molar-refractivity contribution in [3.05, 3.63) is 0 Å². The molecule has 0 saturated carbocycles. The Hall–Kier alpha value is -0.240. The monoisotopic (exact) mass is 292 g/mol. The summed E-state index contributed by atoms with van der Waals surface area (Å²) in [6, 6.07) is 0. The fourth-order valence-electron chi connectivity index (χ4n) is 2.41. The fourth-order valence-corrected chi connectivity index (χ4v) is 2.41. The number of rotatable bonds is 8. The first-order valence-electron chi connectivity index (χ1n) is 7.01. The Kier molecular flexibility index (Phi) is 7.94. The van der Waals surface area contributed by atoms with Crippen LogP contribution in [0.4, 0.5) is 0 Å². The predicted molar refractivity (Wildman–Crippen MR) is 73.8 cm³/mol. The fraction of sp³-hybridized carbons (Fsp3) is 1.00. The number of hydrogen-bond acceptors (Lipinski definition) is 6. The summed E-state index contributed by atoms with van der Waals surface area (Å²) in [5, 5.41) is 0. The summed E-state index contributed by atoms with van der Waals surface area (Å²) in [4.78, 5) is 0. The SMILES string of the molecule is CC[C@H](C)O[C@H]1O[C@H](COC)[C@@H](OC)[C@H](OC)[C@H]1OC. The molecule has 1 saturated heterocycles. The molecule has 1 aliphatic heterocycles. The maximum Gasteiger partial charge on any atom is 0.187 e. The Morgan fingerprint density at radius 2 is 1.55 bits per heavy atom. The molecule has 20 heavy (non-hydrogen) atoms. The van der Waals surface area contributed by atoms with E-state index in [-0.39, 0.29) is 30.5 Å². The highest BCUT2D eigenvalue weighted by atomic mass is 16.7. The summed E-state index contributed by atoms with van der Waals surface area (Å²) in [7, 11) is 6.52. The van der Waals surface area contributed by atoms with Crippen molar-refractivity contribution in [3.8, 4) is 0 Å². The van der Waals surface area contributed by atoms with Crippen LogP contribution in [0.5, 0.6) is 0 Å². The molecule has 6 nitrogen and oxygen atoms in total. The largest absolute Gasteiger partial charge is 0.382 e. The molecule has 0 aromatic heterocycles. The smallest absolute Gasteiger partial charge is 0.187 e. The van der Waals surface area contributed by atoms with E-state index >= 15 is 0 Å². The van der Waals surface area contributed by atoms with Crippen LogP contribution in [0.1, 0.15) is 20.3 Å². The lowest BCUT2D eigenvalue weighted by atomic mass is 9.98. The Balaban J connectivity index is 2.87. The highest BCUT2D eigenvalue weighted by Crippen LogP contribution is 2.28. The van der Waals surface area contributed by atoms with Gasteiger partial charge >= 0.3 is 0 Å². The average Bonchev–Trinajstić information content (AvgIpc) is 2.46. The molecule has 1 aliphatic rings. The maximum atomic E-state index is 5.96. The minimum absolute atomic E-state index is 0.0810. The van der Waals surface area contributed by atoms with E-state index in [1.54, 1.807) is 28.4 Å². The Morgan fingerprint density at radius 1 is 0.950 bits per heavy atom. The minimum Gasteiger partial charge on any atom is -0.382 e. The van der Waals surface area contributed by atoms with Crippen LogP contribution in [0, 0.1) is 0 Å². The summed E-state index contributed by atoms with van der Waals surface area (Å²) >= 11 is 0. The molecule has 6 atom stereocenters. The van der Waals surface area contributed by atoms with Crippen molar-refractivity contribution >= 4 is 0 Å². The zero-order chi connectivity index (χ0) is 15.1. The molecule has 0 spiro atoms. The normalized spacial score (nSPS) is 36.0. The number of ether oxygens (including phenoxy) is 6. The lowest BCUT2D eigenvalue weighted by molar-refractivity contribution is -0.321. The van der Waals surface area contributed by atoms with E-state index < -0.39 is 6.29 Å². The molecular weight excluding hydrogens is 264 g/mol. The van der Waals surface area contributed by atoms with Crippen molar-refractivity contribution in [2.75, 3.05) is 35.0 Å².